The summed E-state index contributed by atoms with van der Waals surface area (Å²) in [5.41, 5.74) is -1.47. The Kier molecular flexibility index (Phi) is 20.5. The van der Waals surface area contributed by atoms with Crippen molar-refractivity contribution in [1.82, 2.24) is 10.6 Å². The molecular weight excluding hydrogens is 540 g/mol. The molecule has 0 aliphatic rings. The maximum Gasteiger partial charge on any atom is 0.407 e. The summed E-state index contributed by atoms with van der Waals surface area (Å²) >= 11 is 0. The third-order valence-electron chi connectivity index (χ3n) is 7.49. The van der Waals surface area contributed by atoms with Gasteiger partial charge in [0, 0.05) is 19.5 Å². The highest BCUT2D eigenvalue weighted by molar-refractivity contribution is 5.75. The second kappa shape index (κ2) is 21.3. The van der Waals surface area contributed by atoms with Crippen LogP contribution in [-0.4, -0.2) is 87.3 Å². The lowest BCUT2D eigenvalue weighted by atomic mass is 9.96. The molecule has 0 spiro atoms. The minimum atomic E-state index is -0.440. The van der Waals surface area contributed by atoms with Crippen LogP contribution in [0.5, 0.6) is 0 Å². The Morgan fingerprint density at radius 3 is 1.88 bits per heavy atom. The lowest BCUT2D eigenvalue weighted by molar-refractivity contribution is -0.135. The summed E-state index contributed by atoms with van der Waals surface area (Å²) in [5.74, 6) is -0.0268. The number of ether oxygens (including phenoxy) is 6. The molecule has 42 heavy (non-hydrogen) atoms. The van der Waals surface area contributed by atoms with Gasteiger partial charge >= 0.3 is 6.09 Å². The smallest absolute Gasteiger partial charge is 0.407 e. The summed E-state index contributed by atoms with van der Waals surface area (Å²) in [6.45, 7) is 23.6. The largest absolute Gasteiger partial charge is 0.443 e. The summed E-state index contributed by atoms with van der Waals surface area (Å²) in [6, 6.07) is 0. The van der Waals surface area contributed by atoms with Crippen molar-refractivity contribution in [3.05, 3.63) is 0 Å². The first-order valence-corrected chi connectivity index (χ1v) is 15.9. The maximum absolute atomic E-state index is 12.2. The van der Waals surface area contributed by atoms with Gasteiger partial charge < -0.3 is 39.1 Å². The molecule has 0 heterocycles. The number of carbonyl (C=O) groups is 2. The van der Waals surface area contributed by atoms with Crippen molar-refractivity contribution in [3.63, 3.8) is 0 Å². The average Bonchev–Trinajstić information content (AvgIpc) is 2.92. The van der Waals surface area contributed by atoms with Crippen LogP contribution in [0.3, 0.4) is 0 Å². The molecule has 0 saturated carbocycles. The number of nitrogens with one attached hydrogen (secondary N) is 2. The number of hydrogen-bond donors (Lipinski definition) is 2. The van der Waals surface area contributed by atoms with E-state index in [1.165, 1.54) is 0 Å². The van der Waals surface area contributed by atoms with Gasteiger partial charge in [-0.1, -0.05) is 27.2 Å². The van der Waals surface area contributed by atoms with Gasteiger partial charge in [0.25, 0.3) is 0 Å². The lowest BCUT2D eigenvalue weighted by Crippen LogP contribution is -2.39. The Labute approximate surface area is 256 Å². The number of carbonyl (C=O) groups excluding carboxylic acids is 2. The first-order chi connectivity index (χ1) is 19.6. The highest BCUT2D eigenvalue weighted by Crippen LogP contribution is 2.23. The van der Waals surface area contributed by atoms with E-state index in [2.05, 4.69) is 24.5 Å². The lowest BCUT2D eigenvalue weighted by Gasteiger charge is -2.30. The van der Waals surface area contributed by atoms with Gasteiger partial charge in [0.15, 0.2) is 0 Å². The zero-order chi connectivity index (χ0) is 32.1. The Morgan fingerprint density at radius 2 is 1.24 bits per heavy atom. The van der Waals surface area contributed by atoms with Gasteiger partial charge in [-0.05, 0) is 87.0 Å². The van der Waals surface area contributed by atoms with Gasteiger partial charge in [0.2, 0.25) is 5.91 Å². The van der Waals surface area contributed by atoms with E-state index < -0.39 is 22.9 Å². The monoisotopic (exact) mass is 604 g/mol. The molecule has 0 aromatic carbocycles. The molecule has 0 bridgehead atoms. The van der Waals surface area contributed by atoms with Gasteiger partial charge in [-0.3, -0.25) is 4.79 Å². The van der Waals surface area contributed by atoms with Crippen LogP contribution in [0.4, 0.5) is 4.79 Å². The zero-order valence-corrected chi connectivity index (χ0v) is 28.6. The molecular formula is C32H64N2O8. The number of alkyl carbamates (subject to hydrolysis) is 1. The number of rotatable bonds is 26. The highest BCUT2D eigenvalue weighted by Gasteiger charge is 2.27. The first kappa shape index (κ1) is 40.5. The normalized spacial score (nSPS) is 14.0. The minimum absolute atomic E-state index is 0.0268. The van der Waals surface area contributed by atoms with E-state index in [0.717, 1.165) is 32.1 Å². The fourth-order valence-electron chi connectivity index (χ4n) is 3.66. The quantitative estimate of drug-likeness (QED) is 0.0894. The zero-order valence-electron chi connectivity index (χ0n) is 28.6. The molecule has 0 aliphatic carbocycles. The topological polar surface area (TPSA) is 114 Å². The highest BCUT2D eigenvalue weighted by atomic mass is 16.7. The molecule has 0 rings (SSSR count). The van der Waals surface area contributed by atoms with Crippen molar-refractivity contribution < 1.29 is 38.0 Å². The van der Waals surface area contributed by atoms with Crippen molar-refractivity contribution in [2.45, 2.75) is 143 Å². The fourth-order valence-corrected chi connectivity index (χ4v) is 3.66. The third kappa shape index (κ3) is 22.1. The number of amides is 2. The molecule has 1 unspecified atom stereocenters. The Bertz CT molecular complexity index is 729. The molecule has 250 valence electrons. The van der Waals surface area contributed by atoms with Crippen LogP contribution in [0.25, 0.3) is 0 Å². The molecule has 0 aromatic heterocycles. The number of unbranched alkanes of at least 4 members (excludes halogenated alkanes) is 1. The van der Waals surface area contributed by atoms with Crippen LogP contribution < -0.4 is 10.6 Å². The Balaban J connectivity index is 3.99. The maximum atomic E-state index is 12.2. The molecule has 0 aromatic rings. The van der Waals surface area contributed by atoms with Crippen molar-refractivity contribution in [3.8, 4) is 0 Å². The van der Waals surface area contributed by atoms with Crippen LogP contribution in [0.1, 0.15) is 121 Å². The van der Waals surface area contributed by atoms with Crippen LogP contribution in [0.15, 0.2) is 0 Å². The van der Waals surface area contributed by atoms with Gasteiger partial charge in [-0.2, -0.15) is 0 Å². The summed E-state index contributed by atoms with van der Waals surface area (Å²) in [5, 5.41) is 5.68. The second-order valence-corrected chi connectivity index (χ2v) is 12.9. The first-order valence-electron chi connectivity index (χ1n) is 15.9. The summed E-state index contributed by atoms with van der Waals surface area (Å²) in [7, 11) is 0. The summed E-state index contributed by atoms with van der Waals surface area (Å²) < 4.78 is 34.2. The molecule has 10 nitrogen and oxygen atoms in total. The molecule has 0 aliphatic heterocycles. The second-order valence-electron chi connectivity index (χ2n) is 12.9. The predicted octanol–water partition coefficient (Wildman–Crippen LogP) is 6.14. The van der Waals surface area contributed by atoms with Crippen molar-refractivity contribution in [2.75, 3.05) is 52.9 Å². The van der Waals surface area contributed by atoms with Crippen LogP contribution in [0, 0.1) is 0 Å². The van der Waals surface area contributed by atoms with E-state index in [4.69, 9.17) is 28.4 Å². The Morgan fingerprint density at radius 1 is 0.619 bits per heavy atom. The fraction of sp³-hybridized carbons (Fsp3) is 0.938. The van der Waals surface area contributed by atoms with Crippen molar-refractivity contribution in [2.24, 2.45) is 0 Å². The standard InChI is InChI=1S/C32H64N2O8/c1-11-14-16-32(10,13-3)42-28(36)34-20-23-40-31(8,9)18-21-39-30(6,7)17-15-27(35)33-19-22-37-24-25-38-26-41-29(4,5)12-2/h11-26H2,1-10H3,(H,33,35)(H,34,36). The molecule has 0 radical (unpaired) electrons. The van der Waals surface area contributed by atoms with Gasteiger partial charge in [-0.25, -0.2) is 4.79 Å². The molecule has 0 saturated heterocycles. The molecule has 0 fully saturated rings. The summed E-state index contributed by atoms with van der Waals surface area (Å²) in [6.07, 6.45) is 5.92. The molecule has 10 heteroatoms. The third-order valence-corrected chi connectivity index (χ3v) is 7.49. The molecule has 2 N–H and O–H groups in total. The van der Waals surface area contributed by atoms with Crippen LogP contribution in [0.2, 0.25) is 0 Å². The van der Waals surface area contributed by atoms with Crippen molar-refractivity contribution in [1.29, 1.82) is 0 Å². The molecule has 1 atom stereocenters. The van der Waals surface area contributed by atoms with Crippen molar-refractivity contribution >= 4 is 12.0 Å². The average molecular weight is 605 g/mol. The number of hydrogen-bond acceptors (Lipinski definition) is 8. The van der Waals surface area contributed by atoms with E-state index in [-0.39, 0.29) is 18.3 Å². The minimum Gasteiger partial charge on any atom is -0.443 e. The van der Waals surface area contributed by atoms with E-state index in [9.17, 15) is 9.59 Å². The SMILES string of the molecule is CCCCC(C)(CC)OC(=O)NCCOC(C)(C)CCOC(C)(C)CCC(=O)NCCOCCOCOC(C)(C)CC. The van der Waals surface area contributed by atoms with Gasteiger partial charge in [-0.15, -0.1) is 0 Å². The van der Waals surface area contributed by atoms with Gasteiger partial charge in [0.05, 0.1) is 49.8 Å². The van der Waals surface area contributed by atoms with E-state index >= 15 is 0 Å². The summed E-state index contributed by atoms with van der Waals surface area (Å²) in [4.78, 5) is 24.4. The van der Waals surface area contributed by atoms with E-state index in [1.807, 2.05) is 55.4 Å². The Hall–Kier alpha value is -1.46. The van der Waals surface area contributed by atoms with Crippen LogP contribution >= 0.6 is 0 Å². The molecule has 2 amide bonds. The predicted molar refractivity (Wildman–Crippen MR) is 167 cm³/mol. The van der Waals surface area contributed by atoms with E-state index in [1.54, 1.807) is 0 Å². The van der Waals surface area contributed by atoms with E-state index in [0.29, 0.717) is 65.4 Å². The van der Waals surface area contributed by atoms with Crippen LogP contribution in [-0.2, 0) is 33.2 Å². The van der Waals surface area contributed by atoms with Gasteiger partial charge in [0.1, 0.15) is 12.4 Å².